The van der Waals surface area contributed by atoms with Gasteiger partial charge in [-0.2, -0.15) is 0 Å². The molecule has 1 unspecified atom stereocenters. The van der Waals surface area contributed by atoms with Crippen molar-refractivity contribution in [1.29, 1.82) is 0 Å². The molecule has 0 aliphatic heterocycles. The number of hydrogen-bond acceptors (Lipinski definition) is 3. The zero-order valence-corrected chi connectivity index (χ0v) is 10.7. The van der Waals surface area contributed by atoms with Crippen molar-refractivity contribution in [3.63, 3.8) is 0 Å². The van der Waals surface area contributed by atoms with Gasteiger partial charge in [0.1, 0.15) is 0 Å². The van der Waals surface area contributed by atoms with E-state index >= 15 is 0 Å². The van der Waals surface area contributed by atoms with E-state index < -0.39 is 0 Å². The Hall–Kier alpha value is -0.120. The highest BCUT2D eigenvalue weighted by Crippen LogP contribution is 2.29. The van der Waals surface area contributed by atoms with E-state index in [4.69, 9.17) is 4.74 Å². The molecule has 0 bridgehead atoms. The van der Waals surface area contributed by atoms with Crippen LogP contribution in [0.2, 0.25) is 0 Å². The molecule has 0 saturated heterocycles. The summed E-state index contributed by atoms with van der Waals surface area (Å²) in [6.45, 7) is 4.43. The van der Waals surface area contributed by atoms with Crippen LogP contribution in [0.4, 0.5) is 0 Å². The van der Waals surface area contributed by atoms with Gasteiger partial charge in [0.2, 0.25) is 0 Å². The minimum atomic E-state index is -0.364. The minimum Gasteiger partial charge on any atom is -0.389 e. The second-order valence-electron chi connectivity index (χ2n) is 5.06. The van der Waals surface area contributed by atoms with Crippen molar-refractivity contribution in [2.24, 2.45) is 11.8 Å². The summed E-state index contributed by atoms with van der Waals surface area (Å²) < 4.78 is 4.88. The molecule has 16 heavy (non-hydrogen) atoms. The molecule has 1 saturated carbocycles. The standard InChI is InChI=1S/C13H27NO2/c1-3-11-4-6-12(7-5-11)8-14-9-13(15)10-16-2/h11-15H,3-10H2,1-2H3. The van der Waals surface area contributed by atoms with Crippen LogP contribution in [0.3, 0.4) is 0 Å². The van der Waals surface area contributed by atoms with E-state index in [1.165, 1.54) is 32.1 Å². The number of methoxy groups -OCH3 is 1. The number of aliphatic hydroxyl groups excluding tert-OH is 1. The third-order valence-electron chi connectivity index (χ3n) is 3.72. The molecular formula is C13H27NO2. The molecule has 1 rings (SSSR count). The van der Waals surface area contributed by atoms with E-state index in [1.54, 1.807) is 7.11 Å². The molecular weight excluding hydrogens is 202 g/mol. The molecule has 3 heteroatoms. The van der Waals surface area contributed by atoms with Crippen LogP contribution in [0, 0.1) is 11.8 Å². The third kappa shape index (κ3) is 5.28. The number of rotatable bonds is 7. The van der Waals surface area contributed by atoms with Crippen LogP contribution in [0.15, 0.2) is 0 Å². The molecule has 1 atom stereocenters. The van der Waals surface area contributed by atoms with Gasteiger partial charge in [-0.05, 0) is 31.2 Å². The summed E-state index contributed by atoms with van der Waals surface area (Å²) in [5.74, 6) is 1.79. The van der Waals surface area contributed by atoms with Gasteiger partial charge < -0.3 is 15.2 Å². The maximum Gasteiger partial charge on any atom is 0.0897 e. The van der Waals surface area contributed by atoms with Gasteiger partial charge in [0.15, 0.2) is 0 Å². The van der Waals surface area contributed by atoms with Crippen LogP contribution in [0.1, 0.15) is 39.0 Å². The smallest absolute Gasteiger partial charge is 0.0897 e. The molecule has 0 aromatic carbocycles. The van der Waals surface area contributed by atoms with Gasteiger partial charge in [0.05, 0.1) is 12.7 Å². The van der Waals surface area contributed by atoms with Crippen molar-refractivity contribution < 1.29 is 9.84 Å². The van der Waals surface area contributed by atoms with Crippen LogP contribution >= 0.6 is 0 Å². The van der Waals surface area contributed by atoms with Gasteiger partial charge >= 0.3 is 0 Å². The van der Waals surface area contributed by atoms with Crippen molar-refractivity contribution in [3.8, 4) is 0 Å². The predicted octanol–water partition coefficient (Wildman–Crippen LogP) is 1.80. The molecule has 0 amide bonds. The average Bonchev–Trinajstić information content (AvgIpc) is 2.30. The first kappa shape index (κ1) is 13.9. The van der Waals surface area contributed by atoms with Crippen LogP contribution in [0.25, 0.3) is 0 Å². The normalized spacial score (nSPS) is 27.9. The fourth-order valence-electron chi connectivity index (χ4n) is 2.55. The minimum absolute atomic E-state index is 0.364. The molecule has 3 nitrogen and oxygen atoms in total. The predicted molar refractivity (Wildman–Crippen MR) is 66.5 cm³/mol. The molecule has 1 aliphatic carbocycles. The Bertz CT molecular complexity index is 167. The molecule has 0 spiro atoms. The monoisotopic (exact) mass is 229 g/mol. The highest BCUT2D eigenvalue weighted by Gasteiger charge is 2.19. The Kier molecular flexibility index (Phi) is 7.01. The molecule has 2 N–H and O–H groups in total. The molecule has 1 aliphatic rings. The zero-order chi connectivity index (χ0) is 11.8. The lowest BCUT2D eigenvalue weighted by atomic mass is 9.81. The lowest BCUT2D eigenvalue weighted by Gasteiger charge is -2.28. The molecule has 1 fully saturated rings. The Labute approximate surface area is 99.6 Å². The van der Waals surface area contributed by atoms with Crippen LogP contribution < -0.4 is 5.32 Å². The Morgan fingerprint density at radius 1 is 1.25 bits per heavy atom. The topological polar surface area (TPSA) is 41.5 Å². The number of nitrogens with one attached hydrogen (secondary N) is 1. The first-order valence-corrected chi connectivity index (χ1v) is 6.64. The molecule has 0 heterocycles. The van der Waals surface area contributed by atoms with Crippen LogP contribution in [0.5, 0.6) is 0 Å². The maximum absolute atomic E-state index is 9.47. The molecule has 0 radical (unpaired) electrons. The fraction of sp³-hybridized carbons (Fsp3) is 1.00. The van der Waals surface area contributed by atoms with Crippen molar-refractivity contribution >= 4 is 0 Å². The summed E-state index contributed by atoms with van der Waals surface area (Å²) in [6, 6.07) is 0. The average molecular weight is 229 g/mol. The van der Waals surface area contributed by atoms with E-state index in [0.717, 1.165) is 18.4 Å². The second-order valence-corrected chi connectivity index (χ2v) is 5.06. The van der Waals surface area contributed by atoms with E-state index in [-0.39, 0.29) is 6.10 Å². The fourth-order valence-corrected chi connectivity index (χ4v) is 2.55. The summed E-state index contributed by atoms with van der Waals surface area (Å²) in [7, 11) is 1.62. The maximum atomic E-state index is 9.47. The summed E-state index contributed by atoms with van der Waals surface area (Å²) in [5, 5.41) is 12.8. The van der Waals surface area contributed by atoms with Gasteiger partial charge in [-0.15, -0.1) is 0 Å². The van der Waals surface area contributed by atoms with E-state index in [0.29, 0.717) is 13.2 Å². The Morgan fingerprint density at radius 3 is 2.44 bits per heavy atom. The number of aliphatic hydroxyl groups is 1. The summed E-state index contributed by atoms with van der Waals surface area (Å²) in [4.78, 5) is 0. The molecule has 0 aromatic heterocycles. The largest absolute Gasteiger partial charge is 0.389 e. The van der Waals surface area contributed by atoms with Gasteiger partial charge in [0, 0.05) is 13.7 Å². The Morgan fingerprint density at radius 2 is 1.88 bits per heavy atom. The Balaban J connectivity index is 2.02. The van der Waals surface area contributed by atoms with Crippen molar-refractivity contribution in [2.45, 2.75) is 45.1 Å². The van der Waals surface area contributed by atoms with Crippen LogP contribution in [-0.4, -0.2) is 38.0 Å². The second kappa shape index (κ2) is 8.04. The number of hydrogen-bond donors (Lipinski definition) is 2. The SMILES string of the molecule is CCC1CCC(CNCC(O)COC)CC1. The lowest BCUT2D eigenvalue weighted by Crippen LogP contribution is -2.34. The summed E-state index contributed by atoms with van der Waals surface area (Å²) in [5.41, 5.74) is 0. The van der Waals surface area contributed by atoms with Gasteiger partial charge in [-0.1, -0.05) is 26.2 Å². The lowest BCUT2D eigenvalue weighted by molar-refractivity contribution is 0.0635. The van der Waals surface area contributed by atoms with Gasteiger partial charge in [-0.3, -0.25) is 0 Å². The first-order valence-electron chi connectivity index (χ1n) is 6.64. The zero-order valence-electron chi connectivity index (χ0n) is 10.7. The third-order valence-corrected chi connectivity index (χ3v) is 3.72. The first-order chi connectivity index (χ1) is 7.76. The highest BCUT2D eigenvalue weighted by molar-refractivity contribution is 4.73. The summed E-state index contributed by atoms with van der Waals surface area (Å²) >= 11 is 0. The highest BCUT2D eigenvalue weighted by atomic mass is 16.5. The van der Waals surface area contributed by atoms with Crippen molar-refractivity contribution in [1.82, 2.24) is 5.32 Å². The van der Waals surface area contributed by atoms with Crippen LogP contribution in [-0.2, 0) is 4.74 Å². The van der Waals surface area contributed by atoms with Crippen molar-refractivity contribution in [2.75, 3.05) is 26.8 Å². The summed E-state index contributed by atoms with van der Waals surface area (Å²) in [6.07, 6.45) is 6.47. The van der Waals surface area contributed by atoms with Crippen molar-refractivity contribution in [3.05, 3.63) is 0 Å². The molecule has 96 valence electrons. The van der Waals surface area contributed by atoms with E-state index in [2.05, 4.69) is 12.2 Å². The quantitative estimate of drug-likeness (QED) is 0.699. The molecule has 0 aromatic rings. The number of ether oxygens (including phenoxy) is 1. The van der Waals surface area contributed by atoms with E-state index in [1.807, 2.05) is 0 Å². The van der Waals surface area contributed by atoms with Gasteiger partial charge in [0.25, 0.3) is 0 Å². The van der Waals surface area contributed by atoms with Gasteiger partial charge in [-0.25, -0.2) is 0 Å². The van der Waals surface area contributed by atoms with E-state index in [9.17, 15) is 5.11 Å².